The van der Waals surface area contributed by atoms with E-state index in [-0.39, 0.29) is 29.5 Å². The van der Waals surface area contributed by atoms with Gasteiger partial charge in [0, 0.05) is 32.1 Å². The van der Waals surface area contributed by atoms with E-state index in [0.29, 0.717) is 13.1 Å². The molecule has 0 aromatic heterocycles. The van der Waals surface area contributed by atoms with E-state index >= 15 is 0 Å². The van der Waals surface area contributed by atoms with Crippen molar-refractivity contribution >= 4 is 24.0 Å². The number of hydrogen-bond donors (Lipinski definition) is 3. The molecule has 1 aromatic rings. The number of hydrogen-bond acceptors (Lipinski definition) is 3. The van der Waals surface area contributed by atoms with Crippen LogP contribution in [0, 0.1) is 11.7 Å². The lowest BCUT2D eigenvalue weighted by molar-refractivity contribution is 0.146. The molecule has 3 nitrogen and oxygen atoms in total. The molecule has 0 radical (unpaired) electrons. The highest BCUT2D eigenvalue weighted by atomic mass is 35.5. The summed E-state index contributed by atoms with van der Waals surface area (Å²) in [5.74, 6) is -0.166. The third-order valence-corrected chi connectivity index (χ3v) is 3.33. The van der Waals surface area contributed by atoms with Crippen molar-refractivity contribution in [3.05, 3.63) is 34.6 Å². The molecular formula is C12H17Cl2FN2O. The van der Waals surface area contributed by atoms with Crippen molar-refractivity contribution in [3.8, 4) is 0 Å². The van der Waals surface area contributed by atoms with Crippen LogP contribution in [0.1, 0.15) is 5.56 Å². The third kappa shape index (κ3) is 4.07. The zero-order chi connectivity index (χ0) is 12.3. The van der Waals surface area contributed by atoms with E-state index in [1.54, 1.807) is 12.1 Å². The van der Waals surface area contributed by atoms with Gasteiger partial charge in [0.05, 0.1) is 11.1 Å². The maximum absolute atomic E-state index is 13.2. The normalized spacial score (nSPS) is 22.8. The molecule has 1 saturated heterocycles. The van der Waals surface area contributed by atoms with Crippen LogP contribution in [-0.2, 0) is 6.54 Å². The van der Waals surface area contributed by atoms with Gasteiger partial charge in [-0.1, -0.05) is 17.7 Å². The number of halogens is 3. The predicted molar refractivity (Wildman–Crippen MR) is 72.7 cm³/mol. The largest absolute Gasteiger partial charge is 0.391 e. The topological polar surface area (TPSA) is 44.3 Å². The average Bonchev–Trinajstić information content (AvgIpc) is 2.70. The number of benzene rings is 1. The number of aliphatic hydroxyl groups is 1. The van der Waals surface area contributed by atoms with Crippen molar-refractivity contribution in [1.82, 2.24) is 10.6 Å². The summed E-state index contributed by atoms with van der Waals surface area (Å²) in [5, 5.41) is 16.1. The summed E-state index contributed by atoms with van der Waals surface area (Å²) < 4.78 is 13.2. The summed E-state index contributed by atoms with van der Waals surface area (Å²) in [4.78, 5) is 0. The van der Waals surface area contributed by atoms with Crippen LogP contribution in [0.15, 0.2) is 18.2 Å². The summed E-state index contributed by atoms with van der Waals surface area (Å²) >= 11 is 5.60. The van der Waals surface area contributed by atoms with Crippen molar-refractivity contribution in [2.75, 3.05) is 19.6 Å². The van der Waals surface area contributed by atoms with Crippen LogP contribution in [0.3, 0.4) is 0 Å². The average molecular weight is 295 g/mol. The first-order chi connectivity index (χ1) is 8.16. The fourth-order valence-electron chi connectivity index (χ4n) is 1.98. The third-order valence-electron chi connectivity index (χ3n) is 3.02. The van der Waals surface area contributed by atoms with Gasteiger partial charge in [0.2, 0.25) is 0 Å². The van der Waals surface area contributed by atoms with Gasteiger partial charge < -0.3 is 15.7 Å². The summed E-state index contributed by atoms with van der Waals surface area (Å²) in [6.07, 6.45) is -0.288. The maximum atomic E-state index is 13.2. The van der Waals surface area contributed by atoms with Crippen LogP contribution in [0.25, 0.3) is 0 Å². The summed E-state index contributed by atoms with van der Waals surface area (Å²) in [7, 11) is 0. The van der Waals surface area contributed by atoms with E-state index in [9.17, 15) is 9.50 Å². The van der Waals surface area contributed by atoms with Gasteiger partial charge in [0.25, 0.3) is 0 Å². The molecule has 0 saturated carbocycles. The molecule has 2 atom stereocenters. The highest BCUT2D eigenvalue weighted by Crippen LogP contribution is 2.15. The van der Waals surface area contributed by atoms with Crippen LogP contribution in [0.5, 0.6) is 0 Å². The van der Waals surface area contributed by atoms with E-state index in [0.717, 1.165) is 18.7 Å². The predicted octanol–water partition coefficient (Wildman–Crippen LogP) is 1.57. The van der Waals surface area contributed by atoms with Crippen LogP contribution in [-0.4, -0.2) is 30.8 Å². The lowest BCUT2D eigenvalue weighted by atomic mass is 10.1. The monoisotopic (exact) mass is 294 g/mol. The van der Waals surface area contributed by atoms with Gasteiger partial charge in [-0.3, -0.25) is 0 Å². The Morgan fingerprint density at radius 2 is 2.22 bits per heavy atom. The van der Waals surface area contributed by atoms with Crippen molar-refractivity contribution < 1.29 is 9.50 Å². The Morgan fingerprint density at radius 3 is 2.83 bits per heavy atom. The summed E-state index contributed by atoms with van der Waals surface area (Å²) in [6, 6.07) is 4.78. The number of rotatable bonds is 4. The first-order valence-corrected chi connectivity index (χ1v) is 6.08. The van der Waals surface area contributed by atoms with Crippen molar-refractivity contribution in [1.29, 1.82) is 0 Å². The molecule has 1 aromatic carbocycles. The zero-order valence-corrected chi connectivity index (χ0v) is 11.4. The van der Waals surface area contributed by atoms with Gasteiger partial charge in [-0.2, -0.15) is 0 Å². The van der Waals surface area contributed by atoms with E-state index in [4.69, 9.17) is 11.6 Å². The smallest absolute Gasteiger partial charge is 0.142 e. The molecule has 0 spiro atoms. The minimum Gasteiger partial charge on any atom is -0.391 e. The van der Waals surface area contributed by atoms with Gasteiger partial charge in [-0.05, 0) is 17.7 Å². The molecule has 1 aliphatic rings. The first-order valence-electron chi connectivity index (χ1n) is 5.70. The summed E-state index contributed by atoms with van der Waals surface area (Å²) in [6.45, 7) is 2.78. The molecule has 1 heterocycles. The lowest BCUT2D eigenvalue weighted by Gasteiger charge is -2.14. The fourth-order valence-corrected chi connectivity index (χ4v) is 2.10. The molecule has 102 valence electrons. The highest BCUT2D eigenvalue weighted by molar-refractivity contribution is 6.30. The van der Waals surface area contributed by atoms with Crippen LogP contribution in [0.4, 0.5) is 4.39 Å². The number of β-amino-alcohol motifs (C(OH)–C–C–N with tert-alkyl or cyclic N) is 1. The summed E-state index contributed by atoms with van der Waals surface area (Å²) in [5.41, 5.74) is 0.854. The Kier molecular flexibility index (Phi) is 6.32. The molecule has 0 bridgehead atoms. The van der Waals surface area contributed by atoms with E-state index < -0.39 is 5.82 Å². The maximum Gasteiger partial charge on any atom is 0.142 e. The quantitative estimate of drug-likeness (QED) is 0.790. The van der Waals surface area contributed by atoms with Gasteiger partial charge in [-0.15, -0.1) is 12.4 Å². The highest BCUT2D eigenvalue weighted by Gasteiger charge is 2.23. The van der Waals surface area contributed by atoms with E-state index in [1.165, 1.54) is 6.07 Å². The van der Waals surface area contributed by atoms with Gasteiger partial charge in [0.1, 0.15) is 5.82 Å². The fraction of sp³-hybridized carbons (Fsp3) is 0.500. The van der Waals surface area contributed by atoms with Gasteiger partial charge in [-0.25, -0.2) is 4.39 Å². The lowest BCUT2D eigenvalue weighted by Crippen LogP contribution is -2.30. The molecular weight excluding hydrogens is 278 g/mol. The van der Waals surface area contributed by atoms with Gasteiger partial charge >= 0.3 is 0 Å². The Morgan fingerprint density at radius 1 is 1.44 bits per heavy atom. The first kappa shape index (κ1) is 15.7. The Labute approximate surface area is 117 Å². The number of nitrogens with one attached hydrogen (secondary N) is 2. The molecule has 2 rings (SSSR count). The molecule has 6 heteroatoms. The second-order valence-corrected chi connectivity index (χ2v) is 4.77. The number of aliphatic hydroxyl groups excluding tert-OH is 1. The van der Waals surface area contributed by atoms with Crippen LogP contribution < -0.4 is 10.6 Å². The second kappa shape index (κ2) is 7.26. The minimum atomic E-state index is -0.395. The van der Waals surface area contributed by atoms with Crippen molar-refractivity contribution in [2.24, 2.45) is 5.92 Å². The van der Waals surface area contributed by atoms with Crippen LogP contribution in [0.2, 0.25) is 5.02 Å². The molecule has 2 unspecified atom stereocenters. The molecule has 1 fully saturated rings. The van der Waals surface area contributed by atoms with E-state index in [2.05, 4.69) is 10.6 Å². The Hall–Kier alpha value is -0.390. The minimum absolute atomic E-state index is 0. The molecule has 1 aliphatic heterocycles. The van der Waals surface area contributed by atoms with Crippen LogP contribution >= 0.6 is 24.0 Å². The van der Waals surface area contributed by atoms with Crippen molar-refractivity contribution in [3.63, 3.8) is 0 Å². The SMILES string of the molecule is Cl.OC1CNCC1CNCc1ccc(Cl)c(F)c1. The Balaban J connectivity index is 0.00000162. The zero-order valence-electron chi connectivity index (χ0n) is 9.83. The Bertz CT molecular complexity index is 392. The molecule has 18 heavy (non-hydrogen) atoms. The molecule has 3 N–H and O–H groups in total. The molecule has 0 aliphatic carbocycles. The van der Waals surface area contributed by atoms with Gasteiger partial charge in [0.15, 0.2) is 0 Å². The van der Waals surface area contributed by atoms with E-state index in [1.807, 2.05) is 0 Å². The standard InChI is InChI=1S/C12H16ClFN2O.ClH/c13-10-2-1-8(3-11(10)14)4-15-5-9-6-16-7-12(9)17;/h1-3,9,12,15-17H,4-7H2;1H. The second-order valence-electron chi connectivity index (χ2n) is 4.37. The van der Waals surface area contributed by atoms with Crippen molar-refractivity contribution in [2.45, 2.75) is 12.6 Å². The molecule has 0 amide bonds.